The Hall–Kier alpha value is -8.41. The molecule has 0 fully saturated rings. The van der Waals surface area contributed by atoms with Crippen molar-refractivity contribution in [1.82, 2.24) is 15.0 Å². The van der Waals surface area contributed by atoms with Crippen molar-refractivity contribution in [1.29, 1.82) is 0 Å². The Morgan fingerprint density at radius 3 is 1.48 bits per heavy atom. The minimum absolute atomic E-state index is 0.568. The van der Waals surface area contributed by atoms with Crippen molar-refractivity contribution in [2.75, 3.05) is 0 Å². The summed E-state index contributed by atoms with van der Waals surface area (Å²) < 4.78 is 13.0. The van der Waals surface area contributed by atoms with Gasteiger partial charge in [-0.1, -0.05) is 170 Å². The summed E-state index contributed by atoms with van der Waals surface area (Å²) in [5, 5.41) is 4.32. The van der Waals surface area contributed by atoms with Gasteiger partial charge in [-0.05, 0) is 81.4 Å². The average Bonchev–Trinajstić information content (AvgIpc) is 3.93. The van der Waals surface area contributed by atoms with Crippen LogP contribution >= 0.6 is 0 Å². The molecule has 0 aliphatic heterocycles. The van der Waals surface area contributed by atoms with Gasteiger partial charge in [0.05, 0.1) is 0 Å². The number of para-hydroxylation sites is 3. The molecule has 5 heteroatoms. The smallest absolute Gasteiger partial charge is 0.164 e. The second-order valence-corrected chi connectivity index (χ2v) is 15.5. The van der Waals surface area contributed by atoms with Crippen LogP contribution in [0.4, 0.5) is 0 Å². The fourth-order valence-electron chi connectivity index (χ4n) is 8.80. The number of hydrogen-bond acceptors (Lipinski definition) is 5. The topological polar surface area (TPSA) is 65.0 Å². The highest BCUT2D eigenvalue weighted by Crippen LogP contribution is 2.47. The van der Waals surface area contributed by atoms with Crippen LogP contribution in [0.1, 0.15) is 0 Å². The van der Waals surface area contributed by atoms with Crippen LogP contribution in [0.2, 0.25) is 0 Å². The van der Waals surface area contributed by atoms with Crippen LogP contribution < -0.4 is 0 Å². The first-order valence-corrected chi connectivity index (χ1v) is 20.8. The molecule has 0 unspecified atom stereocenters. The van der Waals surface area contributed by atoms with Gasteiger partial charge in [0.1, 0.15) is 22.3 Å². The Morgan fingerprint density at radius 1 is 0.258 bits per heavy atom. The van der Waals surface area contributed by atoms with Crippen molar-refractivity contribution < 1.29 is 8.83 Å². The van der Waals surface area contributed by atoms with E-state index in [1.807, 2.05) is 66.7 Å². The lowest BCUT2D eigenvalue weighted by Crippen LogP contribution is -2.00. The lowest BCUT2D eigenvalue weighted by molar-refractivity contribution is 0.669. The number of fused-ring (bicyclic) bond motifs is 6. The molecule has 5 nitrogen and oxygen atoms in total. The highest BCUT2D eigenvalue weighted by molar-refractivity contribution is 6.12. The zero-order valence-electron chi connectivity index (χ0n) is 33.4. The van der Waals surface area contributed by atoms with Crippen LogP contribution in [0.15, 0.2) is 221 Å². The molecule has 0 atom stereocenters. The third kappa shape index (κ3) is 6.14. The lowest BCUT2D eigenvalue weighted by Gasteiger charge is -2.19. The molecule has 12 aromatic rings. The summed E-state index contributed by atoms with van der Waals surface area (Å²) in [5.41, 5.74) is 14.7. The SMILES string of the molecule is c1ccc(-c2cc(-c3cccc(-c4nc(-c5ccccc5)nc(-c5ccc6c(c5)oc5ccccc56)n4)c3)c(-c3ccccc3)c(-c3cccc4c3oc3ccccc34)c2)cc1. The molecular weight excluding hydrogens is 759 g/mol. The largest absolute Gasteiger partial charge is 0.456 e. The molecule has 0 bridgehead atoms. The molecule has 0 spiro atoms. The van der Waals surface area contributed by atoms with Crippen LogP contribution in [0.3, 0.4) is 0 Å². The molecule has 12 rings (SSSR count). The minimum atomic E-state index is 0.568. The molecule has 3 aromatic heterocycles. The van der Waals surface area contributed by atoms with E-state index in [-0.39, 0.29) is 0 Å². The van der Waals surface area contributed by atoms with Gasteiger partial charge in [-0.2, -0.15) is 0 Å². The van der Waals surface area contributed by atoms with Crippen LogP contribution in [-0.4, -0.2) is 15.0 Å². The van der Waals surface area contributed by atoms with E-state index in [1.54, 1.807) is 0 Å². The fourth-order valence-corrected chi connectivity index (χ4v) is 8.80. The molecule has 0 amide bonds. The van der Waals surface area contributed by atoms with Crippen molar-refractivity contribution in [3.05, 3.63) is 212 Å². The number of furan rings is 2. The Bertz CT molecular complexity index is 3630. The Balaban J connectivity index is 1.08. The molecule has 0 saturated heterocycles. The average molecular weight is 794 g/mol. The van der Waals surface area contributed by atoms with Gasteiger partial charge in [-0.3, -0.25) is 0 Å². The van der Waals surface area contributed by atoms with E-state index in [1.165, 1.54) is 0 Å². The van der Waals surface area contributed by atoms with Gasteiger partial charge in [-0.25, -0.2) is 15.0 Å². The van der Waals surface area contributed by atoms with E-state index >= 15 is 0 Å². The number of hydrogen-bond donors (Lipinski definition) is 0. The molecule has 290 valence electrons. The van der Waals surface area contributed by atoms with Gasteiger partial charge in [-0.15, -0.1) is 0 Å². The van der Waals surface area contributed by atoms with E-state index in [4.69, 9.17) is 23.8 Å². The lowest BCUT2D eigenvalue weighted by atomic mass is 9.84. The van der Waals surface area contributed by atoms with E-state index < -0.39 is 0 Å². The number of benzene rings is 9. The molecule has 9 aromatic carbocycles. The Labute approximate surface area is 357 Å². The predicted molar refractivity (Wildman–Crippen MR) is 252 cm³/mol. The normalized spacial score (nSPS) is 11.5. The standard InChI is InChI=1S/C57H35N3O2/c1-4-16-36(17-5-1)42-33-48(53(37-18-6-2-7-19-37)49(34-42)47-27-15-26-46-44-25-11-13-29-51(44)62-54(46)47)39-22-14-23-40(32-39)56-58-55(38-20-8-3-9-21-38)59-57(60-56)41-30-31-45-43-24-10-12-28-50(43)61-52(45)35-41/h1-35H. The summed E-state index contributed by atoms with van der Waals surface area (Å²) in [4.78, 5) is 15.4. The highest BCUT2D eigenvalue weighted by Gasteiger charge is 2.22. The molecule has 62 heavy (non-hydrogen) atoms. The van der Waals surface area contributed by atoms with Gasteiger partial charge in [0, 0.05) is 43.8 Å². The van der Waals surface area contributed by atoms with E-state index in [0.29, 0.717) is 17.5 Å². The monoisotopic (exact) mass is 793 g/mol. The first-order valence-electron chi connectivity index (χ1n) is 20.8. The molecule has 0 radical (unpaired) electrons. The second-order valence-electron chi connectivity index (χ2n) is 15.5. The fraction of sp³-hybridized carbons (Fsp3) is 0. The summed E-state index contributed by atoms with van der Waals surface area (Å²) in [6.45, 7) is 0. The maximum atomic E-state index is 6.70. The zero-order chi connectivity index (χ0) is 41.0. The van der Waals surface area contributed by atoms with Crippen LogP contribution in [0.5, 0.6) is 0 Å². The van der Waals surface area contributed by atoms with E-state index in [2.05, 4.69) is 146 Å². The van der Waals surface area contributed by atoms with Crippen molar-refractivity contribution in [3.63, 3.8) is 0 Å². The van der Waals surface area contributed by atoms with Crippen LogP contribution in [0.25, 0.3) is 123 Å². The molecule has 0 aliphatic carbocycles. The highest BCUT2D eigenvalue weighted by atomic mass is 16.3. The van der Waals surface area contributed by atoms with Crippen molar-refractivity contribution in [2.45, 2.75) is 0 Å². The van der Waals surface area contributed by atoms with Gasteiger partial charge in [0.2, 0.25) is 0 Å². The molecule has 0 aliphatic rings. The summed E-state index contributed by atoms with van der Waals surface area (Å²) >= 11 is 0. The van der Waals surface area contributed by atoms with Crippen LogP contribution in [0, 0.1) is 0 Å². The van der Waals surface area contributed by atoms with Gasteiger partial charge in [0.25, 0.3) is 0 Å². The maximum Gasteiger partial charge on any atom is 0.164 e. The molecule has 3 heterocycles. The third-order valence-electron chi connectivity index (χ3n) is 11.7. The number of nitrogens with zero attached hydrogens (tertiary/aromatic N) is 3. The number of aromatic nitrogens is 3. The summed E-state index contributed by atoms with van der Waals surface area (Å²) in [6.07, 6.45) is 0. The van der Waals surface area contributed by atoms with Gasteiger partial charge in [0.15, 0.2) is 17.5 Å². The zero-order valence-corrected chi connectivity index (χ0v) is 33.4. The van der Waals surface area contributed by atoms with Gasteiger partial charge >= 0.3 is 0 Å². The van der Waals surface area contributed by atoms with E-state index in [9.17, 15) is 0 Å². The van der Waals surface area contributed by atoms with Crippen molar-refractivity contribution in [3.8, 4) is 78.7 Å². The summed E-state index contributed by atoms with van der Waals surface area (Å²) in [7, 11) is 0. The number of rotatable bonds is 7. The Kier molecular flexibility index (Phi) is 8.42. The molecule has 0 N–H and O–H groups in total. The van der Waals surface area contributed by atoms with Crippen molar-refractivity contribution >= 4 is 43.9 Å². The summed E-state index contributed by atoms with van der Waals surface area (Å²) in [6, 6.07) is 73.6. The first kappa shape index (κ1) is 35.5. The van der Waals surface area contributed by atoms with Crippen molar-refractivity contribution in [2.24, 2.45) is 0 Å². The quantitative estimate of drug-likeness (QED) is 0.161. The molecule has 0 saturated carbocycles. The second kappa shape index (κ2) is 14.7. The van der Waals surface area contributed by atoms with Crippen LogP contribution in [-0.2, 0) is 0 Å². The maximum absolute atomic E-state index is 6.70. The molecular formula is C57H35N3O2. The van der Waals surface area contributed by atoms with E-state index in [0.717, 1.165) is 105 Å². The third-order valence-corrected chi connectivity index (χ3v) is 11.7. The Morgan fingerprint density at radius 2 is 0.758 bits per heavy atom. The minimum Gasteiger partial charge on any atom is -0.456 e. The first-order chi connectivity index (χ1) is 30.7. The van der Waals surface area contributed by atoms with Gasteiger partial charge < -0.3 is 8.83 Å². The summed E-state index contributed by atoms with van der Waals surface area (Å²) in [5.74, 6) is 1.74. The predicted octanol–water partition coefficient (Wildman–Crippen LogP) is 15.3.